The molecular weight excluding hydrogens is 402 g/mol. The lowest BCUT2D eigenvalue weighted by molar-refractivity contribution is -0.112. The van der Waals surface area contributed by atoms with Crippen molar-refractivity contribution in [3.63, 3.8) is 0 Å². The van der Waals surface area contributed by atoms with Gasteiger partial charge in [-0.3, -0.25) is 10.1 Å². The summed E-state index contributed by atoms with van der Waals surface area (Å²) in [5, 5.41) is 21.4. The molecule has 2 N–H and O–H groups in total. The van der Waals surface area contributed by atoms with Crippen LogP contribution in [0.15, 0.2) is 70.7 Å². The highest BCUT2D eigenvalue weighted by Gasteiger charge is 2.14. The van der Waals surface area contributed by atoms with Gasteiger partial charge in [-0.05, 0) is 36.4 Å². The molecule has 0 radical (unpaired) electrons. The highest BCUT2D eigenvalue weighted by atomic mass is 32.1. The second kappa shape index (κ2) is 8.03. The summed E-state index contributed by atoms with van der Waals surface area (Å²) in [5.74, 6) is -0.784. The van der Waals surface area contributed by atoms with Crippen LogP contribution < -0.4 is 5.32 Å². The Morgan fingerprint density at radius 3 is 2.57 bits per heavy atom. The molecule has 2 heterocycles. The number of carbonyl (C=O) groups excluding carboxylic acids is 1. The Hall–Kier alpha value is -4.22. The molecule has 0 bridgehead atoms. The van der Waals surface area contributed by atoms with Crippen LogP contribution in [0, 0.1) is 11.3 Å². The van der Waals surface area contributed by atoms with E-state index >= 15 is 0 Å². The van der Waals surface area contributed by atoms with Gasteiger partial charge in [0.15, 0.2) is 5.13 Å². The van der Waals surface area contributed by atoms with E-state index in [4.69, 9.17) is 9.52 Å². The number of thiazole rings is 1. The minimum absolute atomic E-state index is 0.128. The number of carboxylic acids is 1. The highest BCUT2D eigenvalue weighted by Crippen LogP contribution is 2.27. The number of benzene rings is 2. The predicted octanol–water partition coefficient (Wildman–Crippen LogP) is 4.80. The summed E-state index contributed by atoms with van der Waals surface area (Å²) in [6, 6.07) is 18.9. The molecule has 30 heavy (non-hydrogen) atoms. The van der Waals surface area contributed by atoms with E-state index in [0.717, 1.165) is 10.2 Å². The molecule has 8 heteroatoms. The molecular formula is C22H13N3O4S. The fraction of sp³-hybridized carbons (Fsp3) is 0. The second-order valence-electron chi connectivity index (χ2n) is 6.20. The first kappa shape index (κ1) is 19.1. The SMILES string of the molecule is N#C/C(=C\c1ccc(-c2ccc(C(=O)O)cc2)o1)C(=O)Nc1nc2ccccc2s1. The number of amides is 1. The first-order chi connectivity index (χ1) is 14.5. The fourth-order valence-corrected chi connectivity index (χ4v) is 3.60. The standard InChI is InChI=1S/C22H13N3O4S/c23-12-15(20(26)25-22-24-17-3-1-2-4-19(17)30-22)11-16-9-10-18(29-16)13-5-7-14(8-6-13)21(27)28/h1-11H,(H,27,28)(H,24,25,26)/b15-11+. The lowest BCUT2D eigenvalue weighted by atomic mass is 10.1. The third-order valence-corrected chi connectivity index (χ3v) is 5.16. The van der Waals surface area contributed by atoms with E-state index in [-0.39, 0.29) is 11.1 Å². The average molecular weight is 415 g/mol. The third kappa shape index (κ3) is 3.97. The molecule has 1 amide bonds. The predicted molar refractivity (Wildman–Crippen MR) is 113 cm³/mol. The Bertz CT molecular complexity index is 1290. The number of aromatic nitrogens is 1. The number of nitriles is 1. The number of fused-ring (bicyclic) bond motifs is 1. The van der Waals surface area contributed by atoms with Gasteiger partial charge in [0, 0.05) is 11.6 Å². The van der Waals surface area contributed by atoms with Gasteiger partial charge < -0.3 is 9.52 Å². The zero-order valence-electron chi connectivity index (χ0n) is 15.3. The number of nitrogens with one attached hydrogen (secondary N) is 1. The van der Waals surface area contributed by atoms with Crippen molar-refractivity contribution in [2.24, 2.45) is 0 Å². The first-order valence-corrected chi connectivity index (χ1v) is 9.57. The number of hydrogen-bond acceptors (Lipinski definition) is 6. The number of anilines is 1. The van der Waals surface area contributed by atoms with Crippen molar-refractivity contribution in [2.75, 3.05) is 5.32 Å². The van der Waals surface area contributed by atoms with Crippen molar-refractivity contribution in [3.05, 3.63) is 77.6 Å². The van der Waals surface area contributed by atoms with E-state index in [0.29, 0.717) is 22.2 Å². The molecule has 0 saturated heterocycles. The van der Waals surface area contributed by atoms with Crippen molar-refractivity contribution in [2.45, 2.75) is 0 Å². The van der Waals surface area contributed by atoms with E-state index in [1.807, 2.05) is 30.3 Å². The maximum absolute atomic E-state index is 12.5. The Kier molecular flexibility index (Phi) is 5.11. The molecule has 0 spiro atoms. The van der Waals surface area contributed by atoms with Crippen molar-refractivity contribution < 1.29 is 19.1 Å². The zero-order chi connectivity index (χ0) is 21.1. The van der Waals surface area contributed by atoms with E-state index in [1.54, 1.807) is 24.3 Å². The lowest BCUT2D eigenvalue weighted by Gasteiger charge is -1.99. The smallest absolute Gasteiger partial charge is 0.335 e. The number of carboxylic acid groups (broad SMARTS) is 1. The maximum atomic E-state index is 12.5. The van der Waals surface area contributed by atoms with Crippen LogP contribution in [-0.4, -0.2) is 22.0 Å². The Balaban J connectivity index is 1.53. The number of aromatic carboxylic acids is 1. The number of rotatable bonds is 5. The molecule has 4 aromatic rings. The van der Waals surface area contributed by atoms with Gasteiger partial charge in [-0.15, -0.1) is 0 Å². The summed E-state index contributed by atoms with van der Waals surface area (Å²) in [7, 11) is 0. The van der Waals surface area contributed by atoms with E-state index in [9.17, 15) is 14.9 Å². The molecule has 0 fully saturated rings. The van der Waals surface area contributed by atoms with Crippen molar-refractivity contribution in [1.82, 2.24) is 4.98 Å². The van der Waals surface area contributed by atoms with Crippen molar-refractivity contribution in [1.29, 1.82) is 5.26 Å². The molecule has 0 saturated carbocycles. The second-order valence-corrected chi connectivity index (χ2v) is 7.23. The normalized spacial score (nSPS) is 11.2. The number of para-hydroxylation sites is 1. The molecule has 146 valence electrons. The number of carbonyl (C=O) groups is 2. The van der Waals surface area contributed by atoms with Crippen LogP contribution in [0.3, 0.4) is 0 Å². The summed E-state index contributed by atoms with van der Waals surface area (Å²) in [4.78, 5) is 27.7. The van der Waals surface area contributed by atoms with Crippen LogP contribution in [0.2, 0.25) is 0 Å². The van der Waals surface area contributed by atoms with Gasteiger partial charge >= 0.3 is 5.97 Å². The van der Waals surface area contributed by atoms with E-state index in [2.05, 4.69) is 10.3 Å². The molecule has 0 aliphatic heterocycles. The molecule has 0 aliphatic rings. The quantitative estimate of drug-likeness (QED) is 0.357. The minimum atomic E-state index is -1.01. The Morgan fingerprint density at radius 2 is 1.87 bits per heavy atom. The molecule has 0 unspecified atom stereocenters. The van der Waals surface area contributed by atoms with E-state index in [1.165, 1.54) is 29.5 Å². The van der Waals surface area contributed by atoms with Crippen LogP contribution >= 0.6 is 11.3 Å². The molecule has 0 aliphatic carbocycles. The molecule has 7 nitrogen and oxygen atoms in total. The van der Waals surface area contributed by atoms with Gasteiger partial charge in [-0.1, -0.05) is 35.6 Å². The van der Waals surface area contributed by atoms with Crippen LogP contribution in [0.1, 0.15) is 16.1 Å². The zero-order valence-corrected chi connectivity index (χ0v) is 16.1. The molecule has 4 rings (SSSR count). The van der Waals surface area contributed by atoms with Gasteiger partial charge in [-0.25, -0.2) is 9.78 Å². The summed E-state index contributed by atoms with van der Waals surface area (Å²) in [5.41, 5.74) is 1.49. The Labute approximate surface area is 174 Å². The molecule has 2 aromatic carbocycles. The number of nitrogens with zero attached hydrogens (tertiary/aromatic N) is 2. The largest absolute Gasteiger partial charge is 0.478 e. The van der Waals surface area contributed by atoms with E-state index < -0.39 is 11.9 Å². The van der Waals surface area contributed by atoms with Gasteiger partial charge in [0.1, 0.15) is 23.2 Å². The van der Waals surface area contributed by atoms with Crippen LogP contribution in [0.5, 0.6) is 0 Å². The maximum Gasteiger partial charge on any atom is 0.335 e. The number of hydrogen-bond donors (Lipinski definition) is 2. The summed E-state index contributed by atoms with van der Waals surface area (Å²) < 4.78 is 6.61. The Morgan fingerprint density at radius 1 is 1.10 bits per heavy atom. The molecule has 0 atom stereocenters. The summed E-state index contributed by atoms with van der Waals surface area (Å²) in [6.45, 7) is 0. The summed E-state index contributed by atoms with van der Waals surface area (Å²) >= 11 is 1.32. The minimum Gasteiger partial charge on any atom is -0.478 e. The number of furan rings is 1. The van der Waals surface area contributed by atoms with Crippen LogP contribution in [0.4, 0.5) is 5.13 Å². The third-order valence-electron chi connectivity index (χ3n) is 4.21. The van der Waals surface area contributed by atoms with Gasteiger partial charge in [-0.2, -0.15) is 5.26 Å². The fourth-order valence-electron chi connectivity index (χ4n) is 2.74. The first-order valence-electron chi connectivity index (χ1n) is 8.76. The van der Waals surface area contributed by atoms with Crippen molar-refractivity contribution >= 4 is 44.6 Å². The van der Waals surface area contributed by atoms with Crippen LogP contribution in [0.25, 0.3) is 27.6 Å². The van der Waals surface area contributed by atoms with Gasteiger partial charge in [0.2, 0.25) is 0 Å². The molecule has 2 aromatic heterocycles. The van der Waals surface area contributed by atoms with Crippen molar-refractivity contribution in [3.8, 4) is 17.4 Å². The van der Waals surface area contributed by atoms with Gasteiger partial charge in [0.05, 0.1) is 15.8 Å². The monoisotopic (exact) mass is 415 g/mol. The summed E-state index contributed by atoms with van der Waals surface area (Å²) in [6.07, 6.45) is 1.35. The topological polar surface area (TPSA) is 116 Å². The lowest BCUT2D eigenvalue weighted by Crippen LogP contribution is -2.13. The average Bonchev–Trinajstić information content (AvgIpc) is 3.38. The van der Waals surface area contributed by atoms with Crippen LogP contribution in [-0.2, 0) is 4.79 Å². The highest BCUT2D eigenvalue weighted by molar-refractivity contribution is 7.22. The van der Waals surface area contributed by atoms with Gasteiger partial charge in [0.25, 0.3) is 5.91 Å².